The minimum atomic E-state index is 0.211. The Bertz CT molecular complexity index is 656. The number of piperidine rings is 1. The summed E-state index contributed by atoms with van der Waals surface area (Å²) in [4.78, 5) is 2.48. The summed E-state index contributed by atoms with van der Waals surface area (Å²) < 4.78 is 6.69. The second kappa shape index (κ2) is 8.65. The van der Waals surface area contributed by atoms with Crippen molar-refractivity contribution in [1.29, 1.82) is 0 Å². The lowest BCUT2D eigenvalue weighted by molar-refractivity contribution is 0.146. The lowest BCUT2D eigenvalue weighted by Gasteiger charge is -2.33. The van der Waals surface area contributed by atoms with Crippen LogP contribution in [0.2, 0.25) is 0 Å². The van der Waals surface area contributed by atoms with Gasteiger partial charge in [-0.1, -0.05) is 28.4 Å². The molecule has 2 heterocycles. The number of hydrogen-bond acceptors (Lipinski definition) is 3. The third-order valence-electron chi connectivity index (χ3n) is 4.24. The molecule has 1 atom stereocenters. The maximum absolute atomic E-state index is 5.66. The molecule has 0 spiro atoms. The first-order chi connectivity index (χ1) is 11.7. The molecule has 2 N–H and O–H groups in total. The van der Waals surface area contributed by atoms with E-state index < -0.39 is 0 Å². The fraction of sp³-hybridized carbons (Fsp3) is 0.389. The molecule has 0 saturated carbocycles. The Kier molecular flexibility index (Phi) is 6.29. The van der Waals surface area contributed by atoms with Gasteiger partial charge in [-0.2, -0.15) is 0 Å². The van der Waals surface area contributed by atoms with Gasteiger partial charge >= 0.3 is 0 Å². The van der Waals surface area contributed by atoms with Gasteiger partial charge in [0.05, 0.1) is 12.3 Å². The molecule has 1 aromatic carbocycles. The second-order valence-electron chi connectivity index (χ2n) is 5.97. The molecule has 1 aliphatic heterocycles. The minimum Gasteiger partial charge on any atom is -0.468 e. The third kappa shape index (κ3) is 4.82. The number of furan rings is 1. The van der Waals surface area contributed by atoms with Crippen LogP contribution in [0, 0.1) is 0 Å². The highest BCUT2D eigenvalue weighted by Gasteiger charge is 2.24. The molecule has 128 valence electrons. The van der Waals surface area contributed by atoms with E-state index >= 15 is 0 Å². The lowest BCUT2D eigenvalue weighted by Crippen LogP contribution is -2.41. The highest BCUT2D eigenvalue weighted by atomic mass is 79.9. The Morgan fingerprint density at radius 1 is 1.21 bits per heavy atom. The lowest BCUT2D eigenvalue weighted by atomic mass is 10.1. The number of thiocarbonyl (C=S) groups is 1. The van der Waals surface area contributed by atoms with E-state index in [0.717, 1.165) is 35.6 Å². The summed E-state index contributed by atoms with van der Waals surface area (Å²) in [5.41, 5.74) is 0.967. The van der Waals surface area contributed by atoms with Crippen LogP contribution in [0.1, 0.15) is 31.1 Å². The number of anilines is 1. The summed E-state index contributed by atoms with van der Waals surface area (Å²) in [6, 6.07) is 12.2. The number of nitrogens with one attached hydrogen (secondary N) is 2. The zero-order valence-electron chi connectivity index (χ0n) is 13.5. The van der Waals surface area contributed by atoms with Crippen LogP contribution in [0.4, 0.5) is 5.69 Å². The van der Waals surface area contributed by atoms with Crippen molar-refractivity contribution in [2.24, 2.45) is 0 Å². The second-order valence-corrected chi connectivity index (χ2v) is 7.30. The van der Waals surface area contributed by atoms with Crippen molar-refractivity contribution in [3.63, 3.8) is 0 Å². The molecule has 2 aromatic rings. The number of benzene rings is 1. The van der Waals surface area contributed by atoms with Crippen molar-refractivity contribution in [3.05, 3.63) is 52.9 Å². The van der Waals surface area contributed by atoms with Gasteiger partial charge in [-0.3, -0.25) is 4.90 Å². The number of rotatable bonds is 5. The van der Waals surface area contributed by atoms with Gasteiger partial charge in [-0.25, -0.2) is 0 Å². The molecule has 0 amide bonds. The van der Waals surface area contributed by atoms with Crippen molar-refractivity contribution in [2.75, 3.05) is 25.0 Å². The van der Waals surface area contributed by atoms with Crippen LogP contribution in [-0.4, -0.2) is 29.6 Å². The van der Waals surface area contributed by atoms with Crippen LogP contribution in [0.5, 0.6) is 0 Å². The summed E-state index contributed by atoms with van der Waals surface area (Å²) in [7, 11) is 0. The molecule has 1 aliphatic rings. The molecule has 0 aliphatic carbocycles. The monoisotopic (exact) mass is 407 g/mol. The highest BCUT2D eigenvalue weighted by Crippen LogP contribution is 2.24. The maximum Gasteiger partial charge on any atom is 0.170 e. The van der Waals surface area contributed by atoms with Crippen molar-refractivity contribution < 1.29 is 4.42 Å². The zero-order valence-corrected chi connectivity index (χ0v) is 15.9. The van der Waals surface area contributed by atoms with Crippen LogP contribution < -0.4 is 10.6 Å². The Hall–Kier alpha value is -1.37. The quantitative estimate of drug-likeness (QED) is 0.711. The van der Waals surface area contributed by atoms with Crippen LogP contribution in [0.15, 0.2) is 51.6 Å². The zero-order chi connectivity index (χ0) is 16.8. The summed E-state index contributed by atoms with van der Waals surface area (Å²) >= 11 is 8.91. The SMILES string of the molecule is S=C(NC[C@H](c1ccco1)N1CCCCC1)Nc1cccc(Br)c1. The molecule has 0 radical (unpaired) electrons. The smallest absolute Gasteiger partial charge is 0.170 e. The third-order valence-corrected chi connectivity index (χ3v) is 4.98. The van der Waals surface area contributed by atoms with Crippen molar-refractivity contribution in [3.8, 4) is 0 Å². The summed E-state index contributed by atoms with van der Waals surface area (Å²) in [6.45, 7) is 2.95. The Morgan fingerprint density at radius 2 is 2.04 bits per heavy atom. The molecule has 3 rings (SSSR count). The number of halogens is 1. The van der Waals surface area contributed by atoms with Crippen LogP contribution >= 0.6 is 28.1 Å². The first-order valence-electron chi connectivity index (χ1n) is 8.30. The largest absolute Gasteiger partial charge is 0.468 e. The van der Waals surface area contributed by atoms with Crippen LogP contribution in [0.3, 0.4) is 0 Å². The van der Waals surface area contributed by atoms with E-state index in [0.29, 0.717) is 5.11 Å². The fourth-order valence-corrected chi connectivity index (χ4v) is 3.65. The molecular formula is C18H22BrN3OS. The predicted molar refractivity (Wildman–Crippen MR) is 105 cm³/mol. The Labute approximate surface area is 156 Å². The average Bonchev–Trinajstić information content (AvgIpc) is 3.10. The molecule has 1 aromatic heterocycles. The normalized spacial score (nSPS) is 16.5. The van der Waals surface area contributed by atoms with Crippen molar-refractivity contribution in [1.82, 2.24) is 10.2 Å². The Morgan fingerprint density at radius 3 is 2.75 bits per heavy atom. The summed E-state index contributed by atoms with van der Waals surface area (Å²) in [5.74, 6) is 0.995. The number of hydrogen-bond donors (Lipinski definition) is 2. The molecule has 0 bridgehead atoms. The average molecular weight is 408 g/mol. The van der Waals surface area contributed by atoms with E-state index in [1.807, 2.05) is 36.4 Å². The minimum absolute atomic E-state index is 0.211. The maximum atomic E-state index is 5.66. The van der Waals surface area contributed by atoms with E-state index in [-0.39, 0.29) is 6.04 Å². The molecule has 1 fully saturated rings. The standard InChI is InChI=1S/C18H22BrN3OS/c19-14-6-4-7-15(12-14)21-18(24)20-13-16(17-8-5-11-23-17)22-9-2-1-3-10-22/h4-8,11-12,16H,1-3,9-10,13H2,(H2,20,21,24)/t16-/m1/s1. The molecule has 4 nitrogen and oxygen atoms in total. The molecule has 6 heteroatoms. The van der Waals surface area contributed by atoms with Gasteiger partial charge in [-0.05, 0) is 68.5 Å². The van der Waals surface area contributed by atoms with Crippen molar-refractivity contribution >= 4 is 38.9 Å². The van der Waals surface area contributed by atoms with Crippen LogP contribution in [-0.2, 0) is 0 Å². The van der Waals surface area contributed by atoms with Crippen LogP contribution in [0.25, 0.3) is 0 Å². The van der Waals surface area contributed by atoms with E-state index in [2.05, 4.69) is 31.5 Å². The summed E-state index contributed by atoms with van der Waals surface area (Å²) in [5, 5.41) is 7.19. The molecular weight excluding hydrogens is 386 g/mol. The van der Waals surface area contributed by atoms with E-state index in [1.54, 1.807) is 6.26 Å². The summed E-state index contributed by atoms with van der Waals surface area (Å²) in [6.07, 6.45) is 5.55. The van der Waals surface area contributed by atoms with E-state index in [4.69, 9.17) is 16.6 Å². The number of nitrogens with zero attached hydrogens (tertiary/aromatic N) is 1. The van der Waals surface area contributed by atoms with E-state index in [9.17, 15) is 0 Å². The van der Waals surface area contributed by atoms with Gasteiger partial charge in [0.15, 0.2) is 5.11 Å². The van der Waals surface area contributed by atoms with Gasteiger partial charge in [0, 0.05) is 16.7 Å². The van der Waals surface area contributed by atoms with Gasteiger partial charge in [0.1, 0.15) is 5.76 Å². The van der Waals surface area contributed by atoms with E-state index in [1.165, 1.54) is 19.3 Å². The topological polar surface area (TPSA) is 40.4 Å². The molecule has 0 unspecified atom stereocenters. The van der Waals surface area contributed by atoms with Gasteiger partial charge < -0.3 is 15.1 Å². The molecule has 1 saturated heterocycles. The molecule has 24 heavy (non-hydrogen) atoms. The van der Waals surface area contributed by atoms with Gasteiger partial charge in [0.2, 0.25) is 0 Å². The first-order valence-corrected chi connectivity index (χ1v) is 9.50. The van der Waals surface area contributed by atoms with Gasteiger partial charge in [0.25, 0.3) is 0 Å². The van der Waals surface area contributed by atoms with Gasteiger partial charge in [-0.15, -0.1) is 0 Å². The predicted octanol–water partition coefficient (Wildman–Crippen LogP) is 4.56. The van der Waals surface area contributed by atoms with Crippen molar-refractivity contribution in [2.45, 2.75) is 25.3 Å². The fourth-order valence-electron chi connectivity index (χ4n) is 3.05. The Balaban J connectivity index is 1.59. The highest BCUT2D eigenvalue weighted by molar-refractivity contribution is 9.10. The first kappa shape index (κ1) is 17.5. The number of likely N-dealkylation sites (tertiary alicyclic amines) is 1.